The molecule has 62 valence electrons. The van der Waals surface area contributed by atoms with E-state index in [2.05, 4.69) is 6.58 Å². The average Bonchev–Trinajstić information content (AvgIpc) is 1.87. The third-order valence-electron chi connectivity index (χ3n) is 1.06. The molecule has 0 aromatic rings. The quantitative estimate of drug-likeness (QED) is 0.583. The molecule has 0 radical (unpaired) electrons. The molecule has 0 aliphatic rings. The second kappa shape index (κ2) is 5.68. The van der Waals surface area contributed by atoms with Crippen molar-refractivity contribution in [3.63, 3.8) is 0 Å². The van der Waals surface area contributed by atoms with Crippen molar-refractivity contribution in [3.05, 3.63) is 24.8 Å². The van der Waals surface area contributed by atoms with Crippen LogP contribution in [0.1, 0.15) is 12.8 Å². The number of carboxylic acids is 1. The van der Waals surface area contributed by atoms with E-state index in [1.165, 1.54) is 12.2 Å². The molecular formula is C8H12O3. The molecule has 3 heteroatoms. The van der Waals surface area contributed by atoms with Crippen LogP contribution < -0.4 is 0 Å². The first-order valence-electron chi connectivity index (χ1n) is 3.34. The van der Waals surface area contributed by atoms with Gasteiger partial charge in [0.1, 0.15) is 0 Å². The van der Waals surface area contributed by atoms with Crippen molar-refractivity contribution in [2.45, 2.75) is 18.9 Å². The fourth-order valence-corrected chi connectivity index (χ4v) is 0.575. The lowest BCUT2D eigenvalue weighted by atomic mass is 10.2. The van der Waals surface area contributed by atoms with Crippen molar-refractivity contribution in [2.24, 2.45) is 0 Å². The first-order valence-corrected chi connectivity index (χ1v) is 3.34. The molecule has 0 heterocycles. The maximum Gasteiger partial charge on any atom is 0.307 e. The first-order chi connectivity index (χ1) is 5.16. The third-order valence-corrected chi connectivity index (χ3v) is 1.06. The van der Waals surface area contributed by atoms with Crippen LogP contribution in [0.15, 0.2) is 24.8 Å². The smallest absolute Gasteiger partial charge is 0.307 e. The number of rotatable bonds is 5. The monoisotopic (exact) mass is 156 g/mol. The van der Waals surface area contributed by atoms with Gasteiger partial charge in [0, 0.05) is 0 Å². The molecule has 0 aliphatic heterocycles. The molecule has 0 saturated carbocycles. The fourth-order valence-electron chi connectivity index (χ4n) is 0.575. The van der Waals surface area contributed by atoms with E-state index in [1.54, 1.807) is 6.08 Å². The lowest BCUT2D eigenvalue weighted by Crippen LogP contribution is -1.99. The van der Waals surface area contributed by atoms with Crippen molar-refractivity contribution in [3.8, 4) is 0 Å². The zero-order valence-corrected chi connectivity index (χ0v) is 6.23. The van der Waals surface area contributed by atoms with Gasteiger partial charge >= 0.3 is 5.97 Å². The topological polar surface area (TPSA) is 57.5 Å². The highest BCUT2D eigenvalue weighted by atomic mass is 16.4. The Labute approximate surface area is 65.7 Å². The van der Waals surface area contributed by atoms with Crippen LogP contribution in [0.2, 0.25) is 0 Å². The summed E-state index contributed by atoms with van der Waals surface area (Å²) in [5.41, 5.74) is 0. The van der Waals surface area contributed by atoms with E-state index in [0.717, 1.165) is 0 Å². The van der Waals surface area contributed by atoms with Gasteiger partial charge in [0.15, 0.2) is 0 Å². The number of aliphatic carboxylic acids is 1. The summed E-state index contributed by atoms with van der Waals surface area (Å²) >= 11 is 0. The van der Waals surface area contributed by atoms with E-state index in [1.807, 2.05) is 0 Å². The Morgan fingerprint density at radius 1 is 1.64 bits per heavy atom. The van der Waals surface area contributed by atoms with Gasteiger partial charge in [0.2, 0.25) is 0 Å². The summed E-state index contributed by atoms with van der Waals surface area (Å²) in [6.07, 6.45) is 4.26. The Hall–Kier alpha value is -1.09. The molecule has 0 bridgehead atoms. The van der Waals surface area contributed by atoms with E-state index in [0.29, 0.717) is 6.42 Å². The summed E-state index contributed by atoms with van der Waals surface area (Å²) in [4.78, 5) is 9.99. The molecule has 0 aromatic carbocycles. The molecule has 0 amide bonds. The van der Waals surface area contributed by atoms with Gasteiger partial charge in [-0.1, -0.05) is 18.2 Å². The van der Waals surface area contributed by atoms with Crippen LogP contribution in [0.25, 0.3) is 0 Å². The molecule has 0 saturated heterocycles. The van der Waals surface area contributed by atoms with Crippen molar-refractivity contribution < 1.29 is 15.0 Å². The van der Waals surface area contributed by atoms with Gasteiger partial charge in [-0.05, 0) is 6.42 Å². The van der Waals surface area contributed by atoms with E-state index < -0.39 is 12.1 Å². The summed E-state index contributed by atoms with van der Waals surface area (Å²) in [7, 11) is 0. The third kappa shape index (κ3) is 6.80. The van der Waals surface area contributed by atoms with E-state index in [-0.39, 0.29) is 6.42 Å². The SMILES string of the molecule is C=CCC(O)C=CCC(=O)O. The van der Waals surface area contributed by atoms with Crippen LogP contribution in [-0.4, -0.2) is 22.3 Å². The van der Waals surface area contributed by atoms with E-state index in [4.69, 9.17) is 10.2 Å². The molecule has 3 nitrogen and oxygen atoms in total. The van der Waals surface area contributed by atoms with Crippen molar-refractivity contribution in [1.82, 2.24) is 0 Å². The Balaban J connectivity index is 3.55. The highest BCUT2D eigenvalue weighted by Gasteiger charge is 1.94. The van der Waals surface area contributed by atoms with Gasteiger partial charge in [-0.15, -0.1) is 6.58 Å². The molecule has 0 fully saturated rings. The highest BCUT2D eigenvalue weighted by molar-refractivity contribution is 5.68. The molecule has 1 unspecified atom stereocenters. The lowest BCUT2D eigenvalue weighted by molar-refractivity contribution is -0.136. The normalized spacial score (nSPS) is 13.2. The zero-order chi connectivity index (χ0) is 8.69. The maximum atomic E-state index is 9.99. The number of aliphatic hydroxyl groups is 1. The van der Waals surface area contributed by atoms with Gasteiger partial charge in [0.25, 0.3) is 0 Å². The highest BCUT2D eigenvalue weighted by Crippen LogP contribution is 1.94. The summed E-state index contributed by atoms with van der Waals surface area (Å²) in [6.45, 7) is 3.43. The number of carboxylic acid groups (broad SMARTS) is 1. The standard InChI is InChI=1S/C8H12O3/c1-2-4-7(9)5-3-6-8(10)11/h2-3,5,7,9H,1,4,6H2,(H,10,11). The van der Waals surface area contributed by atoms with Gasteiger partial charge in [0.05, 0.1) is 12.5 Å². The number of aliphatic hydroxyl groups excluding tert-OH is 1. The number of hydrogen-bond donors (Lipinski definition) is 2. The second-order valence-electron chi connectivity index (χ2n) is 2.12. The fraction of sp³-hybridized carbons (Fsp3) is 0.375. The predicted octanol–water partition coefficient (Wildman–Crippen LogP) is 0.954. The van der Waals surface area contributed by atoms with Crippen LogP contribution in [0.3, 0.4) is 0 Å². The zero-order valence-electron chi connectivity index (χ0n) is 6.23. The van der Waals surface area contributed by atoms with Crippen molar-refractivity contribution >= 4 is 5.97 Å². The largest absolute Gasteiger partial charge is 0.481 e. The minimum absolute atomic E-state index is 0.0474. The van der Waals surface area contributed by atoms with Crippen molar-refractivity contribution in [1.29, 1.82) is 0 Å². The average molecular weight is 156 g/mol. The second-order valence-corrected chi connectivity index (χ2v) is 2.12. The molecule has 1 atom stereocenters. The summed E-state index contributed by atoms with van der Waals surface area (Å²) in [5.74, 6) is -0.896. The lowest BCUT2D eigenvalue weighted by Gasteiger charge is -1.97. The predicted molar refractivity (Wildman–Crippen MR) is 42.2 cm³/mol. The summed E-state index contributed by atoms with van der Waals surface area (Å²) < 4.78 is 0. The van der Waals surface area contributed by atoms with E-state index in [9.17, 15) is 4.79 Å². The molecule has 11 heavy (non-hydrogen) atoms. The molecule has 2 N–H and O–H groups in total. The van der Waals surface area contributed by atoms with Gasteiger partial charge in [-0.2, -0.15) is 0 Å². The van der Waals surface area contributed by atoms with Crippen LogP contribution in [0.4, 0.5) is 0 Å². The van der Waals surface area contributed by atoms with Crippen LogP contribution in [0, 0.1) is 0 Å². The number of carbonyl (C=O) groups is 1. The Morgan fingerprint density at radius 2 is 2.27 bits per heavy atom. The van der Waals surface area contributed by atoms with Crippen LogP contribution in [0.5, 0.6) is 0 Å². The molecule has 0 aliphatic carbocycles. The van der Waals surface area contributed by atoms with Gasteiger partial charge < -0.3 is 10.2 Å². The van der Waals surface area contributed by atoms with Gasteiger partial charge in [-0.3, -0.25) is 4.79 Å². The first kappa shape index (κ1) is 9.91. The summed E-state index contributed by atoms with van der Waals surface area (Å²) in [5, 5.41) is 17.2. The van der Waals surface area contributed by atoms with Crippen molar-refractivity contribution in [2.75, 3.05) is 0 Å². The van der Waals surface area contributed by atoms with Gasteiger partial charge in [-0.25, -0.2) is 0 Å². The van der Waals surface area contributed by atoms with Crippen LogP contribution in [-0.2, 0) is 4.79 Å². The minimum atomic E-state index is -0.896. The van der Waals surface area contributed by atoms with E-state index >= 15 is 0 Å². The summed E-state index contributed by atoms with van der Waals surface area (Å²) in [6, 6.07) is 0. The molecule has 0 aromatic heterocycles. The molecule has 0 spiro atoms. The molecular weight excluding hydrogens is 144 g/mol. The Morgan fingerprint density at radius 3 is 2.73 bits per heavy atom. The number of hydrogen-bond acceptors (Lipinski definition) is 2. The maximum absolute atomic E-state index is 9.99. The molecule has 0 rings (SSSR count). The minimum Gasteiger partial charge on any atom is -0.481 e. The Bertz CT molecular complexity index is 161. The van der Waals surface area contributed by atoms with Crippen LogP contribution >= 0.6 is 0 Å². The Kier molecular flexibility index (Phi) is 5.11.